The minimum absolute atomic E-state index is 0.565. The number of benzene rings is 2. The summed E-state index contributed by atoms with van der Waals surface area (Å²) in [4.78, 5) is 0. The second-order valence-electron chi connectivity index (χ2n) is 5.11. The smallest absolute Gasteiger partial charge is 0.167 e. The molecule has 2 heteroatoms. The first-order valence-corrected chi connectivity index (χ1v) is 6.58. The van der Waals surface area contributed by atoms with E-state index >= 15 is 0 Å². The molecular weight excluding hydrogens is 234 g/mol. The van der Waals surface area contributed by atoms with Crippen LogP contribution in [0.4, 0.5) is 0 Å². The fourth-order valence-electron chi connectivity index (χ4n) is 2.21. The minimum Gasteiger partial charge on any atom is -0.356 e. The number of hydrogen-bond acceptors (Lipinski definition) is 2. The summed E-state index contributed by atoms with van der Waals surface area (Å²) < 4.78 is 5.30. The van der Waals surface area contributed by atoms with E-state index in [1.807, 2.05) is 18.2 Å². The molecule has 0 aliphatic rings. The molecule has 0 N–H and O–H groups in total. The molecule has 0 saturated heterocycles. The molecule has 0 saturated carbocycles. The van der Waals surface area contributed by atoms with E-state index in [-0.39, 0.29) is 0 Å². The molecule has 95 valence electrons. The van der Waals surface area contributed by atoms with Crippen LogP contribution in [0.15, 0.2) is 47.0 Å². The normalized spacial score (nSPS) is 11.3. The first-order chi connectivity index (χ1) is 9.24. The van der Waals surface area contributed by atoms with Crippen LogP contribution in [0.1, 0.15) is 36.6 Å². The predicted molar refractivity (Wildman–Crippen MR) is 76.2 cm³/mol. The number of fused-ring (bicyclic) bond motifs is 1. The van der Waals surface area contributed by atoms with Crippen molar-refractivity contribution in [2.75, 3.05) is 0 Å². The van der Waals surface area contributed by atoms with E-state index in [2.05, 4.69) is 49.3 Å². The van der Waals surface area contributed by atoms with Gasteiger partial charge in [0.05, 0.1) is 11.1 Å². The van der Waals surface area contributed by atoms with Crippen LogP contribution in [0.5, 0.6) is 0 Å². The van der Waals surface area contributed by atoms with Gasteiger partial charge in [-0.05, 0) is 29.2 Å². The Kier molecular flexibility index (Phi) is 3.08. The SMILES string of the molecule is CC(C)c1ccc(Cc2noc3ccc[c]c23)cc1. The predicted octanol–water partition coefficient (Wildman–Crippen LogP) is 4.34. The van der Waals surface area contributed by atoms with Gasteiger partial charge in [-0.1, -0.05) is 55.4 Å². The van der Waals surface area contributed by atoms with Crippen molar-refractivity contribution in [3.8, 4) is 0 Å². The second-order valence-corrected chi connectivity index (χ2v) is 5.11. The van der Waals surface area contributed by atoms with Crippen LogP contribution in [0.25, 0.3) is 11.0 Å². The first-order valence-electron chi connectivity index (χ1n) is 6.58. The third kappa shape index (κ3) is 2.39. The largest absolute Gasteiger partial charge is 0.356 e. The number of aromatic nitrogens is 1. The average molecular weight is 250 g/mol. The van der Waals surface area contributed by atoms with Gasteiger partial charge >= 0.3 is 0 Å². The van der Waals surface area contributed by atoms with E-state index in [0.717, 1.165) is 23.1 Å². The summed E-state index contributed by atoms with van der Waals surface area (Å²) in [5, 5.41) is 5.12. The van der Waals surface area contributed by atoms with Gasteiger partial charge in [-0.2, -0.15) is 0 Å². The Morgan fingerprint density at radius 3 is 2.68 bits per heavy atom. The molecule has 1 aromatic heterocycles. The molecular formula is C17H16NO. The van der Waals surface area contributed by atoms with Crippen molar-refractivity contribution >= 4 is 11.0 Å². The van der Waals surface area contributed by atoms with Crippen LogP contribution in [-0.4, -0.2) is 5.16 Å². The molecule has 2 aromatic carbocycles. The van der Waals surface area contributed by atoms with Gasteiger partial charge in [0.25, 0.3) is 0 Å². The molecule has 2 nitrogen and oxygen atoms in total. The Hall–Kier alpha value is -2.09. The van der Waals surface area contributed by atoms with E-state index in [0.29, 0.717) is 5.92 Å². The quantitative estimate of drug-likeness (QED) is 0.691. The van der Waals surface area contributed by atoms with Gasteiger partial charge in [-0.25, -0.2) is 0 Å². The van der Waals surface area contributed by atoms with Crippen LogP contribution < -0.4 is 0 Å². The molecule has 0 aliphatic heterocycles. The second kappa shape index (κ2) is 4.88. The molecule has 0 aliphatic carbocycles. The lowest BCUT2D eigenvalue weighted by atomic mass is 10.00. The van der Waals surface area contributed by atoms with Gasteiger partial charge in [-0.3, -0.25) is 0 Å². The van der Waals surface area contributed by atoms with Gasteiger partial charge in [-0.15, -0.1) is 0 Å². The van der Waals surface area contributed by atoms with Crippen LogP contribution in [0.2, 0.25) is 0 Å². The molecule has 3 rings (SSSR count). The fourth-order valence-corrected chi connectivity index (χ4v) is 2.21. The van der Waals surface area contributed by atoms with Crippen molar-refractivity contribution in [2.45, 2.75) is 26.2 Å². The van der Waals surface area contributed by atoms with Crippen molar-refractivity contribution in [1.82, 2.24) is 5.16 Å². The molecule has 0 bridgehead atoms. The van der Waals surface area contributed by atoms with Crippen molar-refractivity contribution < 1.29 is 4.52 Å². The lowest BCUT2D eigenvalue weighted by Crippen LogP contribution is -1.91. The van der Waals surface area contributed by atoms with Crippen LogP contribution >= 0.6 is 0 Å². The maximum absolute atomic E-state index is 5.30. The third-order valence-electron chi connectivity index (χ3n) is 3.38. The molecule has 1 radical (unpaired) electrons. The molecule has 0 amide bonds. The molecule has 1 heterocycles. The summed E-state index contributed by atoms with van der Waals surface area (Å²) >= 11 is 0. The highest BCUT2D eigenvalue weighted by atomic mass is 16.5. The number of hydrogen-bond donors (Lipinski definition) is 0. The average Bonchev–Trinajstić information content (AvgIpc) is 2.83. The molecule has 19 heavy (non-hydrogen) atoms. The maximum atomic E-state index is 5.30. The Morgan fingerprint density at radius 2 is 1.95 bits per heavy atom. The van der Waals surface area contributed by atoms with Gasteiger partial charge in [0.2, 0.25) is 0 Å². The maximum Gasteiger partial charge on any atom is 0.167 e. The topological polar surface area (TPSA) is 26.0 Å². The molecule has 0 unspecified atom stereocenters. The molecule has 0 atom stereocenters. The summed E-state index contributed by atoms with van der Waals surface area (Å²) in [5.41, 5.74) is 4.36. The standard InChI is InChI=1S/C17H16NO/c1-12(2)14-9-7-13(8-10-14)11-16-15-5-3-4-6-17(15)19-18-16/h3-4,6-10,12H,11H2,1-2H3. The molecule has 0 fully saturated rings. The van der Waals surface area contributed by atoms with E-state index in [1.165, 1.54) is 11.1 Å². The zero-order valence-corrected chi connectivity index (χ0v) is 11.2. The highest BCUT2D eigenvalue weighted by molar-refractivity contribution is 5.78. The Balaban J connectivity index is 1.88. The van der Waals surface area contributed by atoms with E-state index < -0.39 is 0 Å². The van der Waals surface area contributed by atoms with Gasteiger partial charge in [0.1, 0.15) is 0 Å². The summed E-state index contributed by atoms with van der Waals surface area (Å²) in [6.07, 6.45) is 0.784. The zero-order chi connectivity index (χ0) is 13.2. The monoisotopic (exact) mass is 250 g/mol. The minimum atomic E-state index is 0.565. The molecule has 3 aromatic rings. The number of nitrogens with zero attached hydrogens (tertiary/aromatic N) is 1. The lowest BCUT2D eigenvalue weighted by molar-refractivity contribution is 0.448. The van der Waals surface area contributed by atoms with E-state index in [1.54, 1.807) is 0 Å². The number of rotatable bonds is 3. The molecule has 0 spiro atoms. The van der Waals surface area contributed by atoms with Crippen molar-refractivity contribution in [1.29, 1.82) is 0 Å². The van der Waals surface area contributed by atoms with Crippen molar-refractivity contribution in [3.05, 3.63) is 65.4 Å². The van der Waals surface area contributed by atoms with Crippen LogP contribution in [-0.2, 0) is 6.42 Å². The zero-order valence-electron chi connectivity index (χ0n) is 11.2. The van der Waals surface area contributed by atoms with Crippen molar-refractivity contribution in [2.24, 2.45) is 0 Å². The van der Waals surface area contributed by atoms with E-state index in [4.69, 9.17) is 4.52 Å². The third-order valence-corrected chi connectivity index (χ3v) is 3.38. The summed E-state index contributed by atoms with van der Waals surface area (Å²) in [6.45, 7) is 4.41. The Labute approximate surface area is 113 Å². The van der Waals surface area contributed by atoms with Crippen LogP contribution in [0, 0.1) is 6.07 Å². The lowest BCUT2D eigenvalue weighted by Gasteiger charge is -2.05. The summed E-state index contributed by atoms with van der Waals surface area (Å²) in [7, 11) is 0. The highest BCUT2D eigenvalue weighted by Crippen LogP contribution is 2.21. The summed E-state index contributed by atoms with van der Waals surface area (Å²) in [6, 6.07) is 17.6. The van der Waals surface area contributed by atoms with Gasteiger partial charge in [0.15, 0.2) is 5.58 Å². The van der Waals surface area contributed by atoms with Crippen molar-refractivity contribution in [3.63, 3.8) is 0 Å². The van der Waals surface area contributed by atoms with Gasteiger partial charge in [0, 0.05) is 6.42 Å². The fraction of sp³-hybridized carbons (Fsp3) is 0.235. The van der Waals surface area contributed by atoms with Crippen LogP contribution in [0.3, 0.4) is 0 Å². The Bertz CT molecular complexity index is 680. The highest BCUT2D eigenvalue weighted by Gasteiger charge is 2.08. The van der Waals surface area contributed by atoms with Gasteiger partial charge < -0.3 is 4.52 Å². The van der Waals surface area contributed by atoms with E-state index in [9.17, 15) is 0 Å². The first kappa shape index (κ1) is 12.0. The summed E-state index contributed by atoms with van der Waals surface area (Å²) in [5.74, 6) is 0.565. The Morgan fingerprint density at radius 1 is 1.16 bits per heavy atom.